The maximum Gasteiger partial charge on any atom is 0.321 e. The Morgan fingerprint density at radius 2 is 1.55 bits per heavy atom. The summed E-state index contributed by atoms with van der Waals surface area (Å²) in [6.07, 6.45) is 2.45. The van der Waals surface area contributed by atoms with Crippen molar-refractivity contribution in [3.8, 4) is 0 Å². The van der Waals surface area contributed by atoms with Crippen LogP contribution in [0, 0.1) is 6.92 Å². The van der Waals surface area contributed by atoms with E-state index in [0.29, 0.717) is 13.1 Å². The monoisotopic (exact) mass is 422 g/mol. The molecule has 1 aromatic carbocycles. The zero-order chi connectivity index (χ0) is 22.0. The number of benzene rings is 1. The standard InChI is InChI=1S/C24H34N6O/c1-18-17-21(28-11-5-6-12-28)27-22(25-18)29-13-15-30(16-14-29)23(31)26-20-9-7-19(8-10-20)24(2,3)4/h7-10,17H,5-6,11-16H2,1-4H3,(H,26,31). The number of carbonyl (C=O) groups excluding carboxylic acids is 1. The van der Waals surface area contributed by atoms with Gasteiger partial charge in [-0.05, 0) is 42.9 Å². The van der Waals surface area contributed by atoms with Gasteiger partial charge in [0, 0.05) is 56.7 Å². The largest absolute Gasteiger partial charge is 0.356 e. The molecule has 7 heteroatoms. The summed E-state index contributed by atoms with van der Waals surface area (Å²) in [5, 5.41) is 3.03. The van der Waals surface area contributed by atoms with Crippen LogP contribution in [0.25, 0.3) is 0 Å². The molecule has 2 amide bonds. The van der Waals surface area contributed by atoms with Crippen molar-refractivity contribution in [2.45, 2.75) is 46.0 Å². The van der Waals surface area contributed by atoms with Crippen molar-refractivity contribution >= 4 is 23.5 Å². The molecule has 0 saturated carbocycles. The van der Waals surface area contributed by atoms with Gasteiger partial charge in [0.25, 0.3) is 0 Å². The van der Waals surface area contributed by atoms with E-state index in [0.717, 1.165) is 49.3 Å². The lowest BCUT2D eigenvalue weighted by Crippen LogP contribution is -2.50. The van der Waals surface area contributed by atoms with Crippen molar-refractivity contribution in [1.29, 1.82) is 0 Å². The second kappa shape index (κ2) is 8.73. The molecule has 166 valence electrons. The molecule has 2 aromatic rings. The van der Waals surface area contributed by atoms with Gasteiger partial charge in [-0.2, -0.15) is 4.98 Å². The highest BCUT2D eigenvalue weighted by Gasteiger charge is 2.24. The number of anilines is 3. The molecule has 1 aromatic heterocycles. The van der Waals surface area contributed by atoms with Gasteiger partial charge in [0.1, 0.15) is 5.82 Å². The van der Waals surface area contributed by atoms with Gasteiger partial charge in [-0.25, -0.2) is 9.78 Å². The fraction of sp³-hybridized carbons (Fsp3) is 0.542. The van der Waals surface area contributed by atoms with Crippen molar-refractivity contribution in [3.05, 3.63) is 41.6 Å². The lowest BCUT2D eigenvalue weighted by atomic mass is 9.87. The highest BCUT2D eigenvalue weighted by molar-refractivity contribution is 5.89. The Balaban J connectivity index is 1.35. The summed E-state index contributed by atoms with van der Waals surface area (Å²) >= 11 is 0. The smallest absolute Gasteiger partial charge is 0.321 e. The van der Waals surface area contributed by atoms with Crippen LogP contribution in [-0.2, 0) is 5.41 Å². The topological polar surface area (TPSA) is 64.6 Å². The van der Waals surface area contributed by atoms with Crippen LogP contribution in [0.4, 0.5) is 22.2 Å². The second-order valence-corrected chi connectivity index (χ2v) is 9.59. The van der Waals surface area contributed by atoms with Gasteiger partial charge in [-0.1, -0.05) is 32.9 Å². The van der Waals surface area contributed by atoms with Crippen LogP contribution >= 0.6 is 0 Å². The van der Waals surface area contributed by atoms with Crippen LogP contribution in [0.2, 0.25) is 0 Å². The number of piperazine rings is 1. The summed E-state index contributed by atoms with van der Waals surface area (Å²) in [4.78, 5) is 28.6. The van der Waals surface area contributed by atoms with Gasteiger partial charge in [-0.15, -0.1) is 0 Å². The van der Waals surface area contributed by atoms with E-state index in [9.17, 15) is 4.79 Å². The normalized spacial score (nSPS) is 17.2. The summed E-state index contributed by atoms with van der Waals surface area (Å²) in [6.45, 7) is 13.5. The van der Waals surface area contributed by atoms with Crippen LogP contribution in [0.5, 0.6) is 0 Å². The summed E-state index contributed by atoms with van der Waals surface area (Å²) in [6, 6.07) is 10.2. The first-order valence-electron chi connectivity index (χ1n) is 11.3. The Morgan fingerprint density at radius 3 is 2.16 bits per heavy atom. The Morgan fingerprint density at radius 1 is 0.903 bits per heavy atom. The molecule has 2 fully saturated rings. The predicted molar refractivity (Wildman–Crippen MR) is 126 cm³/mol. The molecular weight excluding hydrogens is 388 g/mol. The third kappa shape index (κ3) is 5.09. The van der Waals surface area contributed by atoms with E-state index in [1.165, 1.54) is 18.4 Å². The maximum atomic E-state index is 12.7. The summed E-state index contributed by atoms with van der Waals surface area (Å²) in [7, 11) is 0. The van der Waals surface area contributed by atoms with Crippen LogP contribution in [-0.4, -0.2) is 60.2 Å². The SMILES string of the molecule is Cc1cc(N2CCCC2)nc(N2CCN(C(=O)Nc3ccc(C(C)(C)C)cc3)CC2)n1. The fourth-order valence-corrected chi connectivity index (χ4v) is 4.15. The molecule has 0 spiro atoms. The Labute approximate surface area is 185 Å². The van der Waals surface area contributed by atoms with Crippen LogP contribution in [0.3, 0.4) is 0 Å². The van der Waals surface area contributed by atoms with E-state index >= 15 is 0 Å². The average molecular weight is 423 g/mol. The average Bonchev–Trinajstić information content (AvgIpc) is 3.28. The Kier molecular flexibility index (Phi) is 6.03. The first-order valence-corrected chi connectivity index (χ1v) is 11.3. The lowest BCUT2D eigenvalue weighted by Gasteiger charge is -2.35. The lowest BCUT2D eigenvalue weighted by molar-refractivity contribution is 0.208. The number of hydrogen-bond donors (Lipinski definition) is 1. The van der Waals surface area contributed by atoms with Crippen molar-refractivity contribution < 1.29 is 4.79 Å². The maximum absolute atomic E-state index is 12.7. The first kappa shape index (κ1) is 21.4. The number of nitrogens with zero attached hydrogens (tertiary/aromatic N) is 5. The van der Waals surface area contributed by atoms with E-state index < -0.39 is 0 Å². The molecule has 0 aliphatic carbocycles. The van der Waals surface area contributed by atoms with E-state index in [4.69, 9.17) is 4.98 Å². The minimum atomic E-state index is -0.0499. The number of aromatic nitrogens is 2. The highest BCUT2D eigenvalue weighted by atomic mass is 16.2. The van der Waals surface area contributed by atoms with Crippen LogP contribution in [0.15, 0.2) is 30.3 Å². The molecule has 0 bridgehead atoms. The molecule has 2 aliphatic heterocycles. The van der Waals surface area contributed by atoms with Crippen LogP contribution < -0.4 is 15.1 Å². The molecule has 31 heavy (non-hydrogen) atoms. The Bertz CT molecular complexity index is 907. The van der Waals surface area contributed by atoms with Gasteiger partial charge >= 0.3 is 6.03 Å². The summed E-state index contributed by atoms with van der Waals surface area (Å²) < 4.78 is 0. The zero-order valence-corrected chi connectivity index (χ0v) is 19.2. The molecule has 3 heterocycles. The molecule has 0 radical (unpaired) electrons. The molecule has 1 N–H and O–H groups in total. The molecular formula is C24H34N6O. The highest BCUT2D eigenvalue weighted by Crippen LogP contribution is 2.24. The number of urea groups is 1. The van der Waals surface area contributed by atoms with Gasteiger partial charge in [0.15, 0.2) is 0 Å². The second-order valence-electron chi connectivity index (χ2n) is 9.59. The van der Waals surface area contributed by atoms with Gasteiger partial charge in [0.05, 0.1) is 0 Å². The minimum Gasteiger partial charge on any atom is -0.356 e. The van der Waals surface area contributed by atoms with E-state index in [-0.39, 0.29) is 11.4 Å². The van der Waals surface area contributed by atoms with Crippen molar-refractivity contribution in [2.75, 3.05) is 54.4 Å². The molecule has 0 atom stereocenters. The van der Waals surface area contributed by atoms with Crippen LogP contribution in [0.1, 0.15) is 44.9 Å². The van der Waals surface area contributed by atoms with E-state index in [1.807, 2.05) is 24.0 Å². The van der Waals surface area contributed by atoms with Gasteiger partial charge in [-0.3, -0.25) is 0 Å². The van der Waals surface area contributed by atoms with Crippen molar-refractivity contribution in [1.82, 2.24) is 14.9 Å². The number of rotatable bonds is 3. The molecule has 4 rings (SSSR count). The third-order valence-corrected chi connectivity index (χ3v) is 6.11. The molecule has 0 unspecified atom stereocenters. The van der Waals surface area contributed by atoms with Gasteiger partial charge in [0.2, 0.25) is 5.95 Å². The predicted octanol–water partition coefficient (Wildman–Crippen LogP) is 4.04. The number of amides is 2. The number of hydrogen-bond acceptors (Lipinski definition) is 5. The fourth-order valence-electron chi connectivity index (χ4n) is 4.15. The molecule has 2 aliphatic rings. The zero-order valence-electron chi connectivity index (χ0n) is 19.2. The Hall–Kier alpha value is -2.83. The minimum absolute atomic E-state index is 0.0499. The third-order valence-electron chi connectivity index (χ3n) is 6.11. The summed E-state index contributed by atoms with van der Waals surface area (Å²) in [5.74, 6) is 1.80. The van der Waals surface area contributed by atoms with Gasteiger partial charge < -0.3 is 20.0 Å². The number of carbonyl (C=O) groups is 1. The quantitative estimate of drug-likeness (QED) is 0.809. The van der Waals surface area contributed by atoms with E-state index in [2.05, 4.69) is 59.1 Å². The van der Waals surface area contributed by atoms with Crippen molar-refractivity contribution in [3.63, 3.8) is 0 Å². The molecule has 2 saturated heterocycles. The molecule has 7 nitrogen and oxygen atoms in total. The number of nitrogens with one attached hydrogen (secondary N) is 1. The summed E-state index contributed by atoms with van der Waals surface area (Å²) in [5.41, 5.74) is 3.18. The van der Waals surface area contributed by atoms with Crippen molar-refractivity contribution in [2.24, 2.45) is 0 Å². The number of aryl methyl sites for hydroxylation is 1. The first-order chi connectivity index (χ1) is 14.8. The van der Waals surface area contributed by atoms with E-state index in [1.54, 1.807) is 0 Å².